The summed E-state index contributed by atoms with van der Waals surface area (Å²) in [6.45, 7) is 8.11. The third-order valence-corrected chi connectivity index (χ3v) is 8.62. The summed E-state index contributed by atoms with van der Waals surface area (Å²) in [5, 5.41) is 3.21. The van der Waals surface area contributed by atoms with Gasteiger partial charge in [-0.25, -0.2) is 4.99 Å². The number of rotatable bonds is 7. The number of nitrogens with two attached hydrogens (primary N) is 1. The summed E-state index contributed by atoms with van der Waals surface area (Å²) in [7, 11) is 0. The lowest BCUT2D eigenvalue weighted by molar-refractivity contribution is -0.131. The van der Waals surface area contributed by atoms with Gasteiger partial charge in [-0.2, -0.15) is 0 Å². The van der Waals surface area contributed by atoms with Gasteiger partial charge in [-0.15, -0.1) is 11.3 Å². The Morgan fingerprint density at radius 1 is 1.21 bits per heavy atom. The second kappa shape index (κ2) is 10.4. The van der Waals surface area contributed by atoms with Crippen molar-refractivity contribution in [3.05, 3.63) is 81.8 Å². The highest BCUT2D eigenvalue weighted by atomic mass is 32.1. The lowest BCUT2D eigenvalue weighted by Gasteiger charge is -2.40. The average Bonchev–Trinajstić information content (AvgIpc) is 3.44. The number of guanidine groups is 1. The van der Waals surface area contributed by atoms with Crippen LogP contribution in [0, 0.1) is 0 Å². The molecule has 0 fully saturated rings. The average molecular weight is 546 g/mol. The Kier molecular flexibility index (Phi) is 7.20. The molecule has 5 rings (SSSR count). The van der Waals surface area contributed by atoms with Crippen molar-refractivity contribution < 1.29 is 14.3 Å². The van der Waals surface area contributed by atoms with Crippen LogP contribution in [0.5, 0.6) is 5.75 Å². The highest BCUT2D eigenvalue weighted by Gasteiger charge is 2.41. The van der Waals surface area contributed by atoms with Gasteiger partial charge < -0.3 is 15.8 Å². The van der Waals surface area contributed by atoms with Gasteiger partial charge in [0.2, 0.25) is 5.91 Å². The van der Waals surface area contributed by atoms with Crippen molar-refractivity contribution in [2.24, 2.45) is 10.7 Å². The molecule has 0 unspecified atom stereocenters. The number of fused-ring (bicyclic) bond motifs is 1. The van der Waals surface area contributed by atoms with E-state index in [1.165, 1.54) is 11.3 Å². The molecule has 0 saturated heterocycles. The van der Waals surface area contributed by atoms with E-state index in [9.17, 15) is 9.59 Å². The van der Waals surface area contributed by atoms with Gasteiger partial charge in [0.05, 0.1) is 28.4 Å². The standard InChI is InChI=1S/C30H35N5O3S/c1-5-30(6-2)16-25(36)35(28(31)34-30)26(24-17-32-18-39-24)19-10-9-11-20(14-19)27(37)33-22-15-29(3,4)38-23-13-8-7-12-21(22)23/h7-14,17-18,22,26H,5-6,15-16H2,1-4H3,(H2,31,34)(H,33,37)/t22-,26+/m0/s1. The van der Waals surface area contributed by atoms with Crippen LogP contribution in [0.3, 0.4) is 0 Å². The number of para-hydroxylation sites is 1. The van der Waals surface area contributed by atoms with Crippen LogP contribution >= 0.6 is 11.3 Å². The molecule has 3 aromatic rings. The summed E-state index contributed by atoms with van der Waals surface area (Å²) >= 11 is 1.44. The fourth-order valence-electron chi connectivity index (χ4n) is 5.59. The fourth-order valence-corrected chi connectivity index (χ4v) is 6.32. The Balaban J connectivity index is 1.48. The number of thiazole rings is 1. The fraction of sp³-hybridized carbons (Fsp3) is 0.400. The molecule has 2 aliphatic rings. The lowest BCUT2D eigenvalue weighted by Crippen LogP contribution is -2.52. The molecule has 0 radical (unpaired) electrons. The Bertz CT molecular complexity index is 1400. The highest BCUT2D eigenvalue weighted by Crippen LogP contribution is 2.40. The number of carbonyl (C=O) groups is 2. The number of nitrogens with one attached hydrogen (secondary N) is 1. The van der Waals surface area contributed by atoms with Crippen LogP contribution in [-0.2, 0) is 4.79 Å². The third kappa shape index (κ3) is 5.28. The molecule has 2 atom stereocenters. The number of hydrogen-bond donors (Lipinski definition) is 2. The van der Waals surface area contributed by atoms with E-state index < -0.39 is 17.2 Å². The molecule has 3 heterocycles. The van der Waals surface area contributed by atoms with Gasteiger partial charge in [0.15, 0.2) is 5.96 Å². The van der Waals surface area contributed by atoms with Crippen LogP contribution in [0.15, 0.2) is 65.2 Å². The van der Waals surface area contributed by atoms with Crippen LogP contribution in [0.2, 0.25) is 0 Å². The molecular weight excluding hydrogens is 510 g/mol. The van der Waals surface area contributed by atoms with E-state index in [0.29, 0.717) is 12.0 Å². The summed E-state index contributed by atoms with van der Waals surface area (Å²) in [4.78, 5) is 38.6. The Hall–Kier alpha value is -3.72. The monoisotopic (exact) mass is 545 g/mol. The highest BCUT2D eigenvalue weighted by molar-refractivity contribution is 7.09. The van der Waals surface area contributed by atoms with Crippen molar-refractivity contribution in [3.8, 4) is 5.75 Å². The maximum atomic E-state index is 13.6. The van der Waals surface area contributed by atoms with Gasteiger partial charge in [0, 0.05) is 23.7 Å². The van der Waals surface area contributed by atoms with Crippen molar-refractivity contribution in [3.63, 3.8) is 0 Å². The number of aromatic nitrogens is 1. The topological polar surface area (TPSA) is 110 Å². The predicted molar refractivity (Wildman–Crippen MR) is 153 cm³/mol. The zero-order valence-electron chi connectivity index (χ0n) is 22.8. The van der Waals surface area contributed by atoms with Crippen LogP contribution in [0.4, 0.5) is 0 Å². The molecule has 9 heteroatoms. The second-order valence-corrected chi connectivity index (χ2v) is 11.8. The molecule has 204 valence electrons. The number of hydrogen-bond acceptors (Lipinski definition) is 7. The van der Waals surface area contributed by atoms with Crippen molar-refractivity contribution >= 4 is 29.1 Å². The number of benzene rings is 2. The molecule has 0 saturated carbocycles. The van der Waals surface area contributed by atoms with E-state index in [1.807, 2.05) is 70.2 Å². The van der Waals surface area contributed by atoms with E-state index >= 15 is 0 Å². The lowest BCUT2D eigenvalue weighted by atomic mass is 9.87. The molecule has 3 N–H and O–H groups in total. The third-order valence-electron chi connectivity index (χ3n) is 7.79. The maximum Gasteiger partial charge on any atom is 0.251 e. The first-order valence-corrected chi connectivity index (χ1v) is 14.3. The van der Waals surface area contributed by atoms with Crippen LogP contribution in [-0.4, -0.2) is 38.8 Å². The normalized spacial score (nSPS) is 20.4. The van der Waals surface area contributed by atoms with Crippen LogP contribution in [0.1, 0.15) is 91.8 Å². The molecule has 39 heavy (non-hydrogen) atoms. The Morgan fingerprint density at radius 3 is 2.67 bits per heavy atom. The first kappa shape index (κ1) is 26.9. The van der Waals surface area contributed by atoms with Crippen molar-refractivity contribution in [1.29, 1.82) is 0 Å². The first-order chi connectivity index (χ1) is 18.6. The molecule has 0 aliphatic carbocycles. The van der Waals surface area contributed by atoms with E-state index in [0.717, 1.165) is 34.6 Å². The van der Waals surface area contributed by atoms with Crippen molar-refractivity contribution in [2.45, 2.75) is 76.6 Å². The largest absolute Gasteiger partial charge is 0.487 e. The molecule has 0 bridgehead atoms. The van der Waals surface area contributed by atoms with Crippen LogP contribution in [0.25, 0.3) is 0 Å². The van der Waals surface area contributed by atoms with Crippen molar-refractivity contribution in [2.75, 3.05) is 0 Å². The summed E-state index contributed by atoms with van der Waals surface area (Å²) in [5.41, 5.74) is 9.55. The maximum absolute atomic E-state index is 13.6. The van der Waals surface area contributed by atoms with Gasteiger partial charge in [-0.05, 0) is 50.5 Å². The van der Waals surface area contributed by atoms with E-state index in [2.05, 4.69) is 10.3 Å². The predicted octanol–water partition coefficient (Wildman–Crippen LogP) is 5.37. The molecular formula is C30H35N5O3S. The molecule has 2 amide bonds. The SMILES string of the molecule is CCC1(CC)CC(=O)N([C@H](c2cccc(C(=O)N[C@H]3CC(C)(C)Oc4ccccc43)c2)c2cncs2)C(N)=N1. The van der Waals surface area contributed by atoms with Gasteiger partial charge in [0.1, 0.15) is 17.4 Å². The van der Waals surface area contributed by atoms with E-state index in [-0.39, 0.29) is 30.2 Å². The zero-order chi connectivity index (χ0) is 27.8. The number of ether oxygens (including phenoxy) is 1. The summed E-state index contributed by atoms with van der Waals surface area (Å²) in [6.07, 6.45) is 4.14. The van der Waals surface area contributed by atoms with E-state index in [4.69, 9.17) is 15.5 Å². The minimum absolute atomic E-state index is 0.0829. The van der Waals surface area contributed by atoms with Gasteiger partial charge in [0.25, 0.3) is 5.91 Å². The van der Waals surface area contributed by atoms with Gasteiger partial charge >= 0.3 is 0 Å². The van der Waals surface area contributed by atoms with Gasteiger partial charge in [-0.1, -0.05) is 44.2 Å². The summed E-state index contributed by atoms with van der Waals surface area (Å²) in [5.74, 6) is 0.705. The molecule has 2 aromatic carbocycles. The number of nitrogens with zero attached hydrogens (tertiary/aromatic N) is 3. The smallest absolute Gasteiger partial charge is 0.251 e. The molecule has 0 spiro atoms. The number of carbonyl (C=O) groups excluding carboxylic acids is 2. The van der Waals surface area contributed by atoms with Crippen molar-refractivity contribution in [1.82, 2.24) is 15.2 Å². The summed E-state index contributed by atoms with van der Waals surface area (Å²) in [6, 6.07) is 14.5. The minimum Gasteiger partial charge on any atom is -0.487 e. The number of aliphatic imine (C=N–C) groups is 1. The molecule has 1 aromatic heterocycles. The second-order valence-electron chi connectivity index (χ2n) is 10.9. The van der Waals surface area contributed by atoms with Gasteiger partial charge in [-0.3, -0.25) is 19.5 Å². The molecule has 2 aliphatic heterocycles. The minimum atomic E-state index is -0.532. The number of amides is 2. The Morgan fingerprint density at radius 2 is 1.97 bits per heavy atom. The first-order valence-electron chi connectivity index (χ1n) is 13.4. The zero-order valence-corrected chi connectivity index (χ0v) is 23.6. The summed E-state index contributed by atoms with van der Waals surface area (Å²) < 4.78 is 6.13. The Labute approximate surface area is 233 Å². The van der Waals surface area contributed by atoms with E-state index in [1.54, 1.807) is 22.7 Å². The quantitative estimate of drug-likeness (QED) is 0.415. The molecule has 8 nitrogen and oxygen atoms in total. The van der Waals surface area contributed by atoms with Crippen LogP contribution < -0.4 is 15.8 Å².